The average Bonchev–Trinajstić information content (AvgIpc) is 2.62. The Kier molecular flexibility index (Phi) is 5.67. The smallest absolute Gasteiger partial charge is 0.257 e. The summed E-state index contributed by atoms with van der Waals surface area (Å²) in [7, 11) is 0. The summed E-state index contributed by atoms with van der Waals surface area (Å²) in [6.07, 6.45) is 5.56. The summed E-state index contributed by atoms with van der Waals surface area (Å²) in [5.41, 5.74) is 0.355. The molecule has 3 rings (SSSR count). The third-order valence-electron chi connectivity index (χ3n) is 5.01. The topological polar surface area (TPSA) is 40.6 Å². The van der Waals surface area contributed by atoms with E-state index in [4.69, 9.17) is 23.2 Å². The van der Waals surface area contributed by atoms with E-state index in [2.05, 4.69) is 0 Å². The van der Waals surface area contributed by atoms with Gasteiger partial charge in [0.15, 0.2) is 0 Å². The molecule has 0 unspecified atom stereocenters. The Morgan fingerprint density at radius 1 is 0.875 bits per heavy atom. The molecule has 2 amide bonds. The molecule has 1 heterocycles. The molecule has 1 aliphatic carbocycles. The zero-order chi connectivity index (χ0) is 17.1. The first kappa shape index (κ1) is 17.6. The monoisotopic (exact) mass is 368 g/mol. The highest BCUT2D eigenvalue weighted by atomic mass is 35.5. The highest BCUT2D eigenvalue weighted by Crippen LogP contribution is 2.28. The lowest BCUT2D eigenvalue weighted by molar-refractivity contribution is -0.138. The Morgan fingerprint density at radius 3 is 2.00 bits per heavy atom. The van der Waals surface area contributed by atoms with E-state index < -0.39 is 0 Å². The van der Waals surface area contributed by atoms with Gasteiger partial charge in [-0.05, 0) is 25.0 Å². The van der Waals surface area contributed by atoms with Gasteiger partial charge in [-0.3, -0.25) is 9.59 Å². The Hall–Kier alpha value is -1.26. The van der Waals surface area contributed by atoms with Crippen LogP contribution >= 0.6 is 23.2 Å². The van der Waals surface area contributed by atoms with Crippen LogP contribution in [0.2, 0.25) is 10.0 Å². The lowest BCUT2D eigenvalue weighted by atomic mass is 9.88. The van der Waals surface area contributed by atoms with Crippen molar-refractivity contribution < 1.29 is 9.59 Å². The largest absolute Gasteiger partial charge is 0.339 e. The average molecular weight is 369 g/mol. The van der Waals surface area contributed by atoms with Crippen molar-refractivity contribution in [3.8, 4) is 0 Å². The van der Waals surface area contributed by atoms with E-state index in [1.807, 2.05) is 4.90 Å². The van der Waals surface area contributed by atoms with Crippen LogP contribution in [0.1, 0.15) is 42.5 Å². The van der Waals surface area contributed by atoms with Crippen molar-refractivity contribution in [1.29, 1.82) is 0 Å². The van der Waals surface area contributed by atoms with Crippen molar-refractivity contribution in [3.05, 3.63) is 33.8 Å². The van der Waals surface area contributed by atoms with Gasteiger partial charge in [0.1, 0.15) is 0 Å². The molecule has 0 atom stereocenters. The highest BCUT2D eigenvalue weighted by Gasteiger charge is 2.30. The van der Waals surface area contributed by atoms with Crippen LogP contribution in [0.4, 0.5) is 0 Å². The molecule has 0 bridgehead atoms. The van der Waals surface area contributed by atoms with E-state index in [1.165, 1.54) is 6.42 Å². The summed E-state index contributed by atoms with van der Waals surface area (Å²) in [4.78, 5) is 28.9. The van der Waals surface area contributed by atoms with Gasteiger partial charge in [-0.15, -0.1) is 0 Å². The standard InChI is InChI=1S/C18H22Cl2N2O2/c19-14-7-4-8-15(20)16(14)18(24)22-11-9-21(10-12-22)17(23)13-5-2-1-3-6-13/h4,7-8,13H,1-3,5-6,9-12H2. The fourth-order valence-corrected chi connectivity index (χ4v) is 4.16. The van der Waals surface area contributed by atoms with Crippen molar-refractivity contribution in [1.82, 2.24) is 9.80 Å². The summed E-state index contributed by atoms with van der Waals surface area (Å²) in [5.74, 6) is 0.284. The van der Waals surface area contributed by atoms with Crippen LogP contribution in [0.25, 0.3) is 0 Å². The number of hydrogen-bond acceptors (Lipinski definition) is 2. The third kappa shape index (κ3) is 3.70. The number of rotatable bonds is 2. The van der Waals surface area contributed by atoms with Gasteiger partial charge in [0.25, 0.3) is 5.91 Å². The molecular formula is C18H22Cl2N2O2. The van der Waals surface area contributed by atoms with E-state index >= 15 is 0 Å². The van der Waals surface area contributed by atoms with Crippen molar-refractivity contribution >= 4 is 35.0 Å². The van der Waals surface area contributed by atoms with E-state index in [9.17, 15) is 9.59 Å². The summed E-state index contributed by atoms with van der Waals surface area (Å²) >= 11 is 12.3. The van der Waals surface area contributed by atoms with Gasteiger partial charge >= 0.3 is 0 Å². The fourth-order valence-electron chi connectivity index (χ4n) is 3.60. The minimum atomic E-state index is -0.157. The van der Waals surface area contributed by atoms with E-state index in [0.717, 1.165) is 25.7 Å². The Bertz CT molecular complexity index is 601. The molecule has 0 spiro atoms. The first-order valence-corrected chi connectivity index (χ1v) is 9.35. The minimum Gasteiger partial charge on any atom is -0.339 e. The first-order valence-electron chi connectivity index (χ1n) is 8.60. The number of amides is 2. The zero-order valence-electron chi connectivity index (χ0n) is 13.6. The quantitative estimate of drug-likeness (QED) is 0.794. The van der Waals surface area contributed by atoms with Crippen LogP contribution in [0.5, 0.6) is 0 Å². The van der Waals surface area contributed by atoms with Crippen LogP contribution in [-0.4, -0.2) is 47.8 Å². The number of hydrogen-bond donors (Lipinski definition) is 0. The Balaban J connectivity index is 1.60. The second-order valence-electron chi connectivity index (χ2n) is 6.55. The molecule has 4 nitrogen and oxygen atoms in total. The second kappa shape index (κ2) is 7.75. The van der Waals surface area contributed by atoms with Crippen LogP contribution < -0.4 is 0 Å². The van der Waals surface area contributed by atoms with Crippen molar-refractivity contribution in [3.63, 3.8) is 0 Å². The van der Waals surface area contributed by atoms with Crippen LogP contribution in [0, 0.1) is 5.92 Å². The molecule has 6 heteroatoms. The number of halogens is 2. The van der Waals surface area contributed by atoms with Crippen LogP contribution in [-0.2, 0) is 4.79 Å². The van der Waals surface area contributed by atoms with Gasteiger partial charge in [0, 0.05) is 32.1 Å². The van der Waals surface area contributed by atoms with Gasteiger partial charge in [-0.2, -0.15) is 0 Å². The molecule has 2 aliphatic rings. The number of carbonyl (C=O) groups is 2. The van der Waals surface area contributed by atoms with Gasteiger partial charge in [0.05, 0.1) is 15.6 Å². The predicted octanol–water partition coefficient (Wildman–Crippen LogP) is 3.86. The number of piperazine rings is 1. The van der Waals surface area contributed by atoms with Crippen molar-refractivity contribution in [2.24, 2.45) is 5.92 Å². The molecule has 1 aliphatic heterocycles. The van der Waals surface area contributed by atoms with Crippen LogP contribution in [0.3, 0.4) is 0 Å². The maximum atomic E-state index is 12.7. The summed E-state index contributed by atoms with van der Waals surface area (Å²) in [5, 5.41) is 0.737. The molecule has 2 fully saturated rings. The zero-order valence-corrected chi connectivity index (χ0v) is 15.2. The first-order chi connectivity index (χ1) is 11.6. The minimum absolute atomic E-state index is 0.157. The normalized spacial score (nSPS) is 19.4. The maximum absolute atomic E-state index is 12.7. The highest BCUT2D eigenvalue weighted by molar-refractivity contribution is 6.39. The Labute approximate surface area is 152 Å². The molecule has 1 saturated carbocycles. The summed E-state index contributed by atoms with van der Waals surface area (Å²) in [6, 6.07) is 5.06. The van der Waals surface area contributed by atoms with E-state index in [-0.39, 0.29) is 17.7 Å². The molecule has 0 N–H and O–H groups in total. The van der Waals surface area contributed by atoms with Gasteiger partial charge in [-0.25, -0.2) is 0 Å². The second-order valence-corrected chi connectivity index (χ2v) is 7.36. The van der Waals surface area contributed by atoms with Gasteiger partial charge in [0.2, 0.25) is 5.91 Å². The third-order valence-corrected chi connectivity index (χ3v) is 5.64. The van der Waals surface area contributed by atoms with Gasteiger partial charge in [-0.1, -0.05) is 48.5 Å². The Morgan fingerprint density at radius 2 is 1.42 bits per heavy atom. The maximum Gasteiger partial charge on any atom is 0.257 e. The molecule has 0 aromatic heterocycles. The summed E-state index contributed by atoms with van der Waals surface area (Å²) < 4.78 is 0. The van der Waals surface area contributed by atoms with Crippen LogP contribution in [0.15, 0.2) is 18.2 Å². The molecule has 1 saturated heterocycles. The van der Waals surface area contributed by atoms with Gasteiger partial charge < -0.3 is 9.80 Å². The lowest BCUT2D eigenvalue weighted by Gasteiger charge is -2.37. The number of nitrogens with zero attached hydrogens (tertiary/aromatic N) is 2. The lowest BCUT2D eigenvalue weighted by Crippen LogP contribution is -2.52. The summed E-state index contributed by atoms with van der Waals surface area (Å²) in [6.45, 7) is 2.23. The number of carbonyl (C=O) groups excluding carboxylic acids is 2. The van der Waals surface area contributed by atoms with Crippen molar-refractivity contribution in [2.75, 3.05) is 26.2 Å². The molecule has 0 radical (unpaired) electrons. The SMILES string of the molecule is O=C(c1c(Cl)cccc1Cl)N1CCN(C(=O)C2CCCCC2)CC1. The number of benzene rings is 1. The molecule has 1 aromatic carbocycles. The van der Waals surface area contributed by atoms with E-state index in [1.54, 1.807) is 23.1 Å². The molecule has 130 valence electrons. The fraction of sp³-hybridized carbons (Fsp3) is 0.556. The molecular weight excluding hydrogens is 347 g/mol. The molecule has 24 heavy (non-hydrogen) atoms. The van der Waals surface area contributed by atoms with E-state index in [0.29, 0.717) is 41.8 Å². The van der Waals surface area contributed by atoms with Crippen molar-refractivity contribution in [2.45, 2.75) is 32.1 Å². The molecule has 1 aromatic rings. The predicted molar refractivity (Wildman–Crippen MR) is 95.5 cm³/mol.